The van der Waals surface area contributed by atoms with Crippen molar-refractivity contribution in [1.29, 1.82) is 0 Å². The largest absolute Gasteiger partial charge is 0.394 e. The maximum Gasteiger partial charge on any atom is 0.247 e. The number of likely N-dealkylation sites (N-methyl/N-ethyl adjacent to an activating group) is 1. The second kappa shape index (κ2) is 6.52. The summed E-state index contributed by atoms with van der Waals surface area (Å²) in [4.78, 5) is 12.0. The molecule has 88 valence electrons. The van der Waals surface area contributed by atoms with E-state index in [2.05, 4.69) is 6.58 Å². The summed E-state index contributed by atoms with van der Waals surface area (Å²) in [5.41, 5.74) is 0. The van der Waals surface area contributed by atoms with E-state index in [9.17, 15) is 15.0 Å². The van der Waals surface area contributed by atoms with E-state index in [1.807, 2.05) is 0 Å². The number of amides is 1. The molecule has 0 spiro atoms. The molecule has 1 amide bonds. The second-order valence-electron chi connectivity index (χ2n) is 3.19. The minimum absolute atomic E-state index is 0.238. The van der Waals surface area contributed by atoms with Crippen LogP contribution in [-0.2, 0) is 4.79 Å². The van der Waals surface area contributed by atoms with E-state index < -0.39 is 30.9 Å². The predicted octanol–water partition coefficient (Wildman–Crippen LogP) is -1.95. The first-order chi connectivity index (χ1) is 6.93. The first-order valence-corrected chi connectivity index (χ1v) is 4.48. The Morgan fingerprint density at radius 2 is 1.93 bits per heavy atom. The summed E-state index contributed by atoms with van der Waals surface area (Å²) in [7, 11) is 1.34. The number of hydrogen-bond acceptors (Lipinski definition) is 5. The third kappa shape index (κ3) is 4.39. The van der Waals surface area contributed by atoms with Gasteiger partial charge in [-0.3, -0.25) is 4.79 Å². The van der Waals surface area contributed by atoms with Gasteiger partial charge in [-0.2, -0.15) is 0 Å². The van der Waals surface area contributed by atoms with E-state index in [1.165, 1.54) is 7.05 Å². The molecule has 6 heteroatoms. The summed E-state index contributed by atoms with van der Waals surface area (Å²) in [5, 5.41) is 36.2. The van der Waals surface area contributed by atoms with Crippen LogP contribution in [0.1, 0.15) is 6.42 Å². The van der Waals surface area contributed by atoms with Gasteiger partial charge in [-0.25, -0.2) is 0 Å². The minimum Gasteiger partial charge on any atom is -0.394 e. The lowest BCUT2D eigenvalue weighted by atomic mass is 10.1. The van der Waals surface area contributed by atoms with Crippen LogP contribution < -0.4 is 0 Å². The molecule has 3 atom stereocenters. The topological polar surface area (TPSA) is 101 Å². The van der Waals surface area contributed by atoms with E-state index in [0.29, 0.717) is 0 Å². The SMILES string of the molecule is C=CC(=O)N(C)C(O)C[C@@H](O)[C@H](O)CO. The molecular weight excluding hydrogens is 202 g/mol. The number of aliphatic hydroxyl groups excluding tert-OH is 4. The molecule has 0 bridgehead atoms. The Kier molecular flexibility index (Phi) is 6.11. The zero-order valence-corrected chi connectivity index (χ0v) is 8.58. The highest BCUT2D eigenvalue weighted by Gasteiger charge is 2.23. The van der Waals surface area contributed by atoms with Crippen molar-refractivity contribution in [2.45, 2.75) is 24.9 Å². The highest BCUT2D eigenvalue weighted by Crippen LogP contribution is 2.06. The normalized spacial score (nSPS) is 16.6. The first-order valence-electron chi connectivity index (χ1n) is 4.48. The zero-order chi connectivity index (χ0) is 12.0. The van der Waals surface area contributed by atoms with Crippen molar-refractivity contribution >= 4 is 5.91 Å². The van der Waals surface area contributed by atoms with Crippen molar-refractivity contribution in [1.82, 2.24) is 4.90 Å². The summed E-state index contributed by atoms with van der Waals surface area (Å²) in [6, 6.07) is 0. The molecule has 0 aromatic heterocycles. The Labute approximate surface area is 88.1 Å². The van der Waals surface area contributed by atoms with Crippen molar-refractivity contribution in [2.24, 2.45) is 0 Å². The Morgan fingerprint density at radius 3 is 2.33 bits per heavy atom. The number of carbonyl (C=O) groups is 1. The van der Waals surface area contributed by atoms with E-state index in [0.717, 1.165) is 11.0 Å². The highest BCUT2D eigenvalue weighted by molar-refractivity contribution is 5.86. The van der Waals surface area contributed by atoms with Crippen LogP contribution in [0.2, 0.25) is 0 Å². The lowest BCUT2D eigenvalue weighted by Gasteiger charge is -2.25. The highest BCUT2D eigenvalue weighted by atomic mass is 16.4. The smallest absolute Gasteiger partial charge is 0.247 e. The van der Waals surface area contributed by atoms with Gasteiger partial charge in [0.1, 0.15) is 12.3 Å². The summed E-state index contributed by atoms with van der Waals surface area (Å²) >= 11 is 0. The van der Waals surface area contributed by atoms with Crippen LogP contribution in [0.4, 0.5) is 0 Å². The Balaban J connectivity index is 4.17. The van der Waals surface area contributed by atoms with Gasteiger partial charge >= 0.3 is 0 Å². The van der Waals surface area contributed by atoms with Crippen LogP contribution in [0.25, 0.3) is 0 Å². The molecule has 15 heavy (non-hydrogen) atoms. The molecule has 0 saturated heterocycles. The summed E-state index contributed by atoms with van der Waals surface area (Å²) in [6.07, 6.45) is -3.06. The second-order valence-corrected chi connectivity index (χ2v) is 3.19. The number of nitrogens with zero attached hydrogens (tertiary/aromatic N) is 1. The van der Waals surface area contributed by atoms with Gasteiger partial charge < -0.3 is 25.3 Å². The lowest BCUT2D eigenvalue weighted by Crippen LogP contribution is -2.41. The molecule has 6 nitrogen and oxygen atoms in total. The van der Waals surface area contributed by atoms with E-state index in [-0.39, 0.29) is 6.42 Å². The van der Waals surface area contributed by atoms with E-state index >= 15 is 0 Å². The van der Waals surface area contributed by atoms with Crippen LogP contribution in [0, 0.1) is 0 Å². The van der Waals surface area contributed by atoms with E-state index in [1.54, 1.807) is 0 Å². The van der Waals surface area contributed by atoms with Crippen LogP contribution in [0.15, 0.2) is 12.7 Å². The average molecular weight is 219 g/mol. The summed E-state index contributed by atoms with van der Waals surface area (Å²) < 4.78 is 0. The molecule has 0 saturated carbocycles. The number of hydrogen-bond donors (Lipinski definition) is 4. The van der Waals surface area contributed by atoms with Crippen molar-refractivity contribution < 1.29 is 25.2 Å². The molecule has 0 radical (unpaired) electrons. The Hall–Kier alpha value is -0.950. The Bertz CT molecular complexity index is 221. The van der Waals surface area contributed by atoms with Gasteiger partial charge in [0.15, 0.2) is 0 Å². The molecular formula is C9H17NO5. The van der Waals surface area contributed by atoms with E-state index in [4.69, 9.17) is 10.2 Å². The van der Waals surface area contributed by atoms with Crippen LogP contribution >= 0.6 is 0 Å². The molecule has 0 aliphatic carbocycles. The van der Waals surface area contributed by atoms with Crippen LogP contribution in [-0.4, -0.2) is 63.3 Å². The number of rotatable bonds is 6. The fraction of sp³-hybridized carbons (Fsp3) is 0.667. The van der Waals surface area contributed by atoms with Gasteiger partial charge in [0.2, 0.25) is 5.91 Å². The first kappa shape index (κ1) is 14.1. The Morgan fingerprint density at radius 1 is 1.40 bits per heavy atom. The van der Waals surface area contributed by atoms with Crippen molar-refractivity contribution in [3.8, 4) is 0 Å². The van der Waals surface area contributed by atoms with Gasteiger partial charge in [0, 0.05) is 13.5 Å². The quantitative estimate of drug-likeness (QED) is 0.307. The van der Waals surface area contributed by atoms with Crippen LogP contribution in [0.3, 0.4) is 0 Å². The molecule has 4 N–H and O–H groups in total. The van der Waals surface area contributed by atoms with Gasteiger partial charge in [-0.05, 0) is 6.08 Å². The fourth-order valence-electron chi connectivity index (χ4n) is 0.944. The monoisotopic (exact) mass is 219 g/mol. The van der Waals surface area contributed by atoms with Gasteiger partial charge in [-0.15, -0.1) is 0 Å². The molecule has 0 fully saturated rings. The maximum absolute atomic E-state index is 11.0. The molecule has 0 aromatic rings. The van der Waals surface area contributed by atoms with Gasteiger partial charge in [0.25, 0.3) is 0 Å². The van der Waals surface area contributed by atoms with Crippen LogP contribution in [0.5, 0.6) is 0 Å². The standard InChI is InChI=1S/C9H17NO5/c1-3-8(14)10(2)9(15)4-6(12)7(13)5-11/h3,6-7,9,11-13,15H,1,4-5H2,2H3/t6-,7-,9?/m1/s1. The van der Waals surface area contributed by atoms with Crippen molar-refractivity contribution in [3.63, 3.8) is 0 Å². The molecule has 1 unspecified atom stereocenters. The lowest BCUT2D eigenvalue weighted by molar-refractivity contribution is -0.137. The molecule has 0 heterocycles. The number of carbonyl (C=O) groups excluding carboxylic acids is 1. The third-order valence-electron chi connectivity index (χ3n) is 2.05. The van der Waals surface area contributed by atoms with Crippen molar-refractivity contribution in [2.75, 3.05) is 13.7 Å². The molecule has 0 aromatic carbocycles. The molecule has 0 aliphatic heterocycles. The maximum atomic E-state index is 11.0. The minimum atomic E-state index is -1.33. The zero-order valence-electron chi connectivity index (χ0n) is 8.58. The molecule has 0 aliphatic rings. The summed E-state index contributed by atoms with van der Waals surface area (Å²) in [5.74, 6) is -0.492. The fourth-order valence-corrected chi connectivity index (χ4v) is 0.944. The number of aliphatic hydroxyl groups is 4. The van der Waals surface area contributed by atoms with Gasteiger partial charge in [-0.1, -0.05) is 6.58 Å². The summed E-state index contributed by atoms with van der Waals surface area (Å²) in [6.45, 7) is 2.64. The molecule has 0 rings (SSSR count). The predicted molar refractivity (Wildman–Crippen MR) is 52.7 cm³/mol. The third-order valence-corrected chi connectivity index (χ3v) is 2.05. The van der Waals surface area contributed by atoms with Gasteiger partial charge in [0.05, 0.1) is 12.7 Å². The van der Waals surface area contributed by atoms with Crippen molar-refractivity contribution in [3.05, 3.63) is 12.7 Å². The average Bonchev–Trinajstić information content (AvgIpc) is 2.25.